The van der Waals surface area contributed by atoms with Crippen LogP contribution in [0.15, 0.2) is 34.3 Å². The zero-order valence-electron chi connectivity index (χ0n) is 9.18. The smallest absolute Gasteiger partial charge is 0.289 e. The van der Waals surface area contributed by atoms with Gasteiger partial charge in [0.2, 0.25) is 5.76 Å². The Balaban J connectivity index is 1.64. The Labute approximate surface area is 103 Å². The lowest BCUT2D eigenvalue weighted by molar-refractivity contribution is 0.0913. The molecule has 2 aromatic heterocycles. The summed E-state index contributed by atoms with van der Waals surface area (Å²) in [4.78, 5) is 13.1. The minimum atomic E-state index is -0.190. The van der Waals surface area contributed by atoms with Gasteiger partial charge in [-0.25, -0.2) is 0 Å². The second-order valence-corrected chi connectivity index (χ2v) is 5.26. The van der Waals surface area contributed by atoms with E-state index in [1.807, 2.05) is 0 Å². The molecule has 1 aliphatic carbocycles. The van der Waals surface area contributed by atoms with Gasteiger partial charge in [0.05, 0.1) is 6.20 Å². The molecule has 0 saturated heterocycles. The molecule has 0 aromatic carbocycles. The van der Waals surface area contributed by atoms with Crippen LogP contribution in [0.1, 0.15) is 28.3 Å². The second kappa shape index (κ2) is 4.00. The largest absolute Gasteiger partial charge is 0.351 e. The van der Waals surface area contributed by atoms with Gasteiger partial charge in [-0.05, 0) is 24.3 Å². The van der Waals surface area contributed by atoms with Crippen LogP contribution in [-0.4, -0.2) is 17.6 Å². The molecule has 88 valence electrons. The minimum Gasteiger partial charge on any atom is -0.351 e. The van der Waals surface area contributed by atoms with Gasteiger partial charge in [-0.2, -0.15) is 0 Å². The molecule has 2 heterocycles. The van der Waals surface area contributed by atoms with Crippen molar-refractivity contribution in [3.63, 3.8) is 0 Å². The fourth-order valence-electron chi connectivity index (χ4n) is 1.91. The van der Waals surface area contributed by atoms with Crippen LogP contribution >= 0.6 is 11.3 Å². The van der Waals surface area contributed by atoms with E-state index in [9.17, 15) is 4.79 Å². The Morgan fingerprint density at radius 2 is 2.41 bits per heavy atom. The quantitative estimate of drug-likeness (QED) is 0.902. The number of rotatable bonds is 4. The highest BCUT2D eigenvalue weighted by Crippen LogP contribution is 2.49. The third kappa shape index (κ3) is 1.98. The van der Waals surface area contributed by atoms with Crippen molar-refractivity contribution in [2.24, 2.45) is 0 Å². The topological polar surface area (TPSA) is 55.1 Å². The molecule has 5 heteroatoms. The van der Waals surface area contributed by atoms with E-state index in [1.54, 1.807) is 17.4 Å². The van der Waals surface area contributed by atoms with Crippen molar-refractivity contribution in [3.05, 3.63) is 40.4 Å². The maximum atomic E-state index is 11.7. The number of thiophene rings is 1. The molecule has 1 saturated carbocycles. The zero-order chi connectivity index (χ0) is 11.7. The number of nitrogens with zero attached hydrogens (tertiary/aromatic N) is 1. The lowest BCUT2D eigenvalue weighted by atomic mass is 10.1. The molecule has 17 heavy (non-hydrogen) atoms. The molecule has 1 fully saturated rings. The summed E-state index contributed by atoms with van der Waals surface area (Å²) in [5.74, 6) is 0.0808. The van der Waals surface area contributed by atoms with Crippen molar-refractivity contribution in [1.29, 1.82) is 0 Å². The van der Waals surface area contributed by atoms with Crippen molar-refractivity contribution in [1.82, 2.24) is 10.5 Å². The summed E-state index contributed by atoms with van der Waals surface area (Å²) in [5.41, 5.74) is 0.170. The molecular formula is C12H12N2O2S. The van der Waals surface area contributed by atoms with Gasteiger partial charge in [0.15, 0.2) is 0 Å². The first kappa shape index (κ1) is 10.5. The summed E-state index contributed by atoms with van der Waals surface area (Å²) in [6.45, 7) is 0.674. The highest BCUT2D eigenvalue weighted by molar-refractivity contribution is 7.10. The summed E-state index contributed by atoms with van der Waals surface area (Å²) >= 11 is 1.75. The van der Waals surface area contributed by atoms with E-state index >= 15 is 0 Å². The van der Waals surface area contributed by atoms with E-state index in [0.717, 1.165) is 12.8 Å². The Hall–Kier alpha value is -1.62. The predicted molar refractivity (Wildman–Crippen MR) is 64.1 cm³/mol. The van der Waals surface area contributed by atoms with Crippen molar-refractivity contribution >= 4 is 17.2 Å². The van der Waals surface area contributed by atoms with Crippen LogP contribution in [-0.2, 0) is 5.41 Å². The van der Waals surface area contributed by atoms with Crippen LogP contribution < -0.4 is 5.32 Å². The molecule has 0 aliphatic heterocycles. The number of aromatic nitrogens is 1. The van der Waals surface area contributed by atoms with Crippen LogP contribution in [0, 0.1) is 0 Å². The molecule has 0 unspecified atom stereocenters. The molecule has 1 aliphatic rings. The third-order valence-electron chi connectivity index (χ3n) is 3.15. The first-order valence-electron chi connectivity index (χ1n) is 5.53. The molecule has 1 amide bonds. The SMILES string of the molecule is O=C(NCC1(c2cccs2)CC1)c1ccno1. The molecule has 0 spiro atoms. The standard InChI is InChI=1S/C12H12N2O2S/c15-11(9-3-6-14-16-9)13-8-12(4-5-12)10-2-1-7-17-10/h1-3,6-7H,4-5,8H2,(H,13,15). The molecule has 0 atom stereocenters. The van der Waals surface area contributed by atoms with Gasteiger partial charge in [0.25, 0.3) is 5.91 Å². The van der Waals surface area contributed by atoms with Crippen LogP contribution in [0.2, 0.25) is 0 Å². The summed E-state index contributed by atoms with van der Waals surface area (Å²) in [6.07, 6.45) is 3.76. The number of carbonyl (C=O) groups excluding carboxylic acids is 1. The number of hydrogen-bond donors (Lipinski definition) is 1. The molecule has 3 rings (SSSR count). The van der Waals surface area contributed by atoms with Crippen LogP contribution in [0.25, 0.3) is 0 Å². The third-order valence-corrected chi connectivity index (χ3v) is 4.26. The van der Waals surface area contributed by atoms with E-state index < -0.39 is 0 Å². The number of nitrogens with one attached hydrogen (secondary N) is 1. The van der Waals surface area contributed by atoms with Gasteiger partial charge in [-0.3, -0.25) is 4.79 Å². The normalized spacial score (nSPS) is 16.7. The lowest BCUT2D eigenvalue weighted by Crippen LogP contribution is -2.31. The average molecular weight is 248 g/mol. The monoisotopic (exact) mass is 248 g/mol. The summed E-state index contributed by atoms with van der Waals surface area (Å²) in [5, 5.41) is 8.51. The Bertz CT molecular complexity index is 501. The molecular weight excluding hydrogens is 236 g/mol. The molecule has 0 bridgehead atoms. The molecule has 2 aromatic rings. The number of hydrogen-bond acceptors (Lipinski definition) is 4. The van der Waals surface area contributed by atoms with Crippen LogP contribution in [0.4, 0.5) is 0 Å². The van der Waals surface area contributed by atoms with Crippen molar-refractivity contribution in [2.75, 3.05) is 6.54 Å². The van der Waals surface area contributed by atoms with Crippen molar-refractivity contribution in [3.8, 4) is 0 Å². The van der Waals surface area contributed by atoms with Crippen LogP contribution in [0.5, 0.6) is 0 Å². The predicted octanol–water partition coefficient (Wildman–Crippen LogP) is 2.20. The Kier molecular flexibility index (Phi) is 2.48. The van der Waals surface area contributed by atoms with Gasteiger partial charge in [0, 0.05) is 22.9 Å². The maximum absolute atomic E-state index is 11.7. The fraction of sp³-hybridized carbons (Fsp3) is 0.333. The van der Waals surface area contributed by atoms with Gasteiger partial charge in [-0.1, -0.05) is 11.2 Å². The zero-order valence-corrected chi connectivity index (χ0v) is 10.00. The van der Waals surface area contributed by atoms with Crippen molar-refractivity contribution < 1.29 is 9.32 Å². The Morgan fingerprint density at radius 1 is 1.53 bits per heavy atom. The van der Waals surface area contributed by atoms with E-state index in [0.29, 0.717) is 6.54 Å². The summed E-state index contributed by atoms with van der Waals surface area (Å²) in [6, 6.07) is 5.76. The van der Waals surface area contributed by atoms with E-state index in [4.69, 9.17) is 4.52 Å². The van der Waals surface area contributed by atoms with Crippen molar-refractivity contribution in [2.45, 2.75) is 18.3 Å². The molecule has 4 nitrogen and oxygen atoms in total. The number of carbonyl (C=O) groups is 1. The Morgan fingerprint density at radius 3 is 3.00 bits per heavy atom. The summed E-state index contributed by atoms with van der Waals surface area (Å²) in [7, 11) is 0. The van der Waals surface area contributed by atoms with E-state index in [-0.39, 0.29) is 17.1 Å². The highest BCUT2D eigenvalue weighted by Gasteiger charge is 2.45. The van der Waals surface area contributed by atoms with Crippen LogP contribution in [0.3, 0.4) is 0 Å². The molecule has 0 radical (unpaired) electrons. The van der Waals surface area contributed by atoms with Gasteiger partial charge < -0.3 is 9.84 Å². The van der Waals surface area contributed by atoms with Gasteiger partial charge in [0.1, 0.15) is 0 Å². The fourth-order valence-corrected chi connectivity index (χ4v) is 2.90. The van der Waals surface area contributed by atoms with E-state index in [2.05, 4.69) is 28.0 Å². The average Bonchev–Trinajstić information content (AvgIpc) is 2.82. The minimum absolute atomic E-state index is 0.170. The highest BCUT2D eigenvalue weighted by atomic mass is 32.1. The second-order valence-electron chi connectivity index (χ2n) is 4.32. The number of amides is 1. The first-order chi connectivity index (χ1) is 8.30. The summed E-state index contributed by atoms with van der Waals surface area (Å²) < 4.78 is 4.81. The van der Waals surface area contributed by atoms with Gasteiger partial charge >= 0.3 is 0 Å². The first-order valence-corrected chi connectivity index (χ1v) is 6.41. The van der Waals surface area contributed by atoms with E-state index in [1.165, 1.54) is 11.1 Å². The molecule has 1 N–H and O–H groups in total. The maximum Gasteiger partial charge on any atom is 0.289 e. The lowest BCUT2D eigenvalue weighted by Gasteiger charge is -2.13. The van der Waals surface area contributed by atoms with Gasteiger partial charge in [-0.15, -0.1) is 11.3 Å².